The van der Waals surface area contributed by atoms with Gasteiger partial charge >= 0.3 is 0 Å². The summed E-state index contributed by atoms with van der Waals surface area (Å²) in [4.78, 5) is 15.9. The van der Waals surface area contributed by atoms with Crippen molar-refractivity contribution < 1.29 is 9.90 Å². The first kappa shape index (κ1) is 13.8. The minimum atomic E-state index is -1.17. The highest BCUT2D eigenvalue weighted by Crippen LogP contribution is 2.36. The molecule has 2 aromatic carbocycles. The Bertz CT molecular complexity index is 904. The average Bonchev–Trinajstić information content (AvgIpc) is 3.03. The largest absolute Gasteiger partial charge is 0.545 e. The van der Waals surface area contributed by atoms with Gasteiger partial charge in [-0.25, -0.2) is 0 Å². The van der Waals surface area contributed by atoms with Crippen LogP contribution in [-0.2, 0) is 12.8 Å². The Hall–Kier alpha value is -2.88. The molecular weight excluding hydrogens is 288 g/mol. The summed E-state index contributed by atoms with van der Waals surface area (Å²) in [7, 11) is 0. The minimum Gasteiger partial charge on any atom is -0.545 e. The van der Waals surface area contributed by atoms with E-state index in [2.05, 4.69) is 5.32 Å². The zero-order valence-corrected chi connectivity index (χ0v) is 12.5. The number of carboxylic acids is 1. The van der Waals surface area contributed by atoms with Crippen molar-refractivity contribution in [1.29, 1.82) is 0 Å². The summed E-state index contributed by atoms with van der Waals surface area (Å²) in [5, 5.41) is 15.5. The third kappa shape index (κ3) is 2.42. The fraction of sp³-hybridized carbons (Fsp3) is 0.158. The quantitative estimate of drug-likeness (QED) is 0.808. The molecule has 0 bridgehead atoms. The number of carbonyl (C=O) groups is 1. The van der Waals surface area contributed by atoms with E-state index in [0.717, 1.165) is 47.2 Å². The summed E-state index contributed by atoms with van der Waals surface area (Å²) < 4.78 is 0. The van der Waals surface area contributed by atoms with Crippen LogP contribution in [-0.4, -0.2) is 11.0 Å². The number of anilines is 2. The van der Waals surface area contributed by atoms with Gasteiger partial charge in [-0.2, -0.15) is 0 Å². The van der Waals surface area contributed by atoms with E-state index < -0.39 is 5.97 Å². The van der Waals surface area contributed by atoms with Gasteiger partial charge in [0.25, 0.3) is 0 Å². The third-order valence-corrected chi connectivity index (χ3v) is 4.29. The SMILES string of the molecule is O=C([O-])c1ccc2nc3c(c(Nc4ccccc4)c2c1)CCC3. The maximum Gasteiger partial charge on any atom is 0.0726 e. The summed E-state index contributed by atoms with van der Waals surface area (Å²) in [5.74, 6) is -1.17. The van der Waals surface area contributed by atoms with Crippen molar-refractivity contribution in [2.45, 2.75) is 19.3 Å². The zero-order chi connectivity index (χ0) is 15.8. The first-order chi connectivity index (χ1) is 11.2. The predicted molar refractivity (Wildman–Crippen MR) is 87.8 cm³/mol. The van der Waals surface area contributed by atoms with Crippen molar-refractivity contribution in [2.24, 2.45) is 0 Å². The highest BCUT2D eigenvalue weighted by molar-refractivity contribution is 6.00. The molecule has 1 aromatic heterocycles. The van der Waals surface area contributed by atoms with Crippen LogP contribution in [0, 0.1) is 0 Å². The number of nitrogens with one attached hydrogen (secondary N) is 1. The Morgan fingerprint density at radius 1 is 1.09 bits per heavy atom. The van der Waals surface area contributed by atoms with Crippen LogP contribution in [0.5, 0.6) is 0 Å². The van der Waals surface area contributed by atoms with Crippen molar-refractivity contribution in [3.8, 4) is 0 Å². The monoisotopic (exact) mass is 303 g/mol. The number of pyridine rings is 1. The van der Waals surface area contributed by atoms with Crippen LogP contribution < -0.4 is 10.4 Å². The van der Waals surface area contributed by atoms with E-state index in [0.29, 0.717) is 0 Å². The average molecular weight is 303 g/mol. The molecule has 0 aliphatic heterocycles. The topological polar surface area (TPSA) is 65.0 Å². The molecule has 23 heavy (non-hydrogen) atoms. The van der Waals surface area contributed by atoms with E-state index >= 15 is 0 Å². The van der Waals surface area contributed by atoms with Gasteiger partial charge in [0.05, 0.1) is 17.2 Å². The maximum atomic E-state index is 11.2. The van der Waals surface area contributed by atoms with Gasteiger partial charge in [-0.3, -0.25) is 4.98 Å². The number of para-hydroxylation sites is 1. The number of aromatic carboxylic acids is 1. The zero-order valence-electron chi connectivity index (χ0n) is 12.5. The number of nitrogens with zero attached hydrogens (tertiary/aromatic N) is 1. The van der Waals surface area contributed by atoms with E-state index in [1.54, 1.807) is 18.2 Å². The minimum absolute atomic E-state index is 0.174. The molecule has 0 unspecified atom stereocenters. The molecule has 0 spiro atoms. The van der Waals surface area contributed by atoms with Crippen LogP contribution in [0.1, 0.15) is 28.0 Å². The second-order valence-electron chi connectivity index (χ2n) is 5.78. The molecule has 0 radical (unpaired) electrons. The highest BCUT2D eigenvalue weighted by atomic mass is 16.4. The molecule has 4 nitrogen and oxygen atoms in total. The van der Waals surface area contributed by atoms with Crippen LogP contribution in [0.15, 0.2) is 48.5 Å². The number of rotatable bonds is 3. The van der Waals surface area contributed by atoms with E-state index in [4.69, 9.17) is 4.98 Å². The van der Waals surface area contributed by atoms with Crippen molar-refractivity contribution >= 4 is 28.2 Å². The molecule has 4 heteroatoms. The van der Waals surface area contributed by atoms with Crippen LogP contribution in [0.3, 0.4) is 0 Å². The van der Waals surface area contributed by atoms with Crippen molar-refractivity contribution in [3.05, 3.63) is 65.4 Å². The molecule has 1 heterocycles. The molecule has 0 saturated heterocycles. The Morgan fingerprint density at radius 3 is 2.70 bits per heavy atom. The van der Waals surface area contributed by atoms with Gasteiger partial charge in [0.2, 0.25) is 0 Å². The molecule has 0 fully saturated rings. The summed E-state index contributed by atoms with van der Waals surface area (Å²) in [5.41, 5.74) is 5.24. The van der Waals surface area contributed by atoms with E-state index in [-0.39, 0.29) is 5.56 Å². The Balaban J connectivity index is 1.94. The summed E-state index contributed by atoms with van der Waals surface area (Å²) in [6.07, 6.45) is 3.01. The highest BCUT2D eigenvalue weighted by Gasteiger charge is 2.20. The van der Waals surface area contributed by atoms with Crippen LogP contribution in [0.25, 0.3) is 10.9 Å². The smallest absolute Gasteiger partial charge is 0.0726 e. The Labute approximate surface area is 133 Å². The number of aryl methyl sites for hydroxylation is 1. The fourth-order valence-electron chi connectivity index (χ4n) is 3.20. The molecule has 114 valence electrons. The van der Waals surface area contributed by atoms with Gasteiger partial charge < -0.3 is 15.2 Å². The fourth-order valence-corrected chi connectivity index (χ4v) is 3.20. The number of benzene rings is 2. The molecule has 0 saturated carbocycles. The van der Waals surface area contributed by atoms with Crippen molar-refractivity contribution in [1.82, 2.24) is 4.98 Å². The third-order valence-electron chi connectivity index (χ3n) is 4.29. The summed E-state index contributed by atoms with van der Waals surface area (Å²) in [6.45, 7) is 0. The van der Waals surface area contributed by atoms with Gasteiger partial charge in [0.15, 0.2) is 0 Å². The molecule has 4 rings (SSSR count). The predicted octanol–water partition coefficient (Wildman–Crippen LogP) is 2.83. The lowest BCUT2D eigenvalue weighted by Gasteiger charge is -2.16. The number of hydrogen-bond acceptors (Lipinski definition) is 4. The maximum absolute atomic E-state index is 11.2. The van der Waals surface area contributed by atoms with Crippen LogP contribution in [0.2, 0.25) is 0 Å². The van der Waals surface area contributed by atoms with E-state index in [9.17, 15) is 9.90 Å². The van der Waals surface area contributed by atoms with Gasteiger partial charge in [-0.1, -0.05) is 24.3 Å². The Morgan fingerprint density at radius 2 is 1.91 bits per heavy atom. The van der Waals surface area contributed by atoms with Gasteiger partial charge in [0.1, 0.15) is 0 Å². The van der Waals surface area contributed by atoms with Crippen LogP contribution in [0.4, 0.5) is 11.4 Å². The molecule has 1 N–H and O–H groups in total. The molecular formula is C19H15N2O2-. The lowest BCUT2D eigenvalue weighted by molar-refractivity contribution is -0.255. The molecule has 3 aromatic rings. The first-order valence-corrected chi connectivity index (χ1v) is 7.71. The number of fused-ring (bicyclic) bond motifs is 2. The number of hydrogen-bond donors (Lipinski definition) is 1. The second-order valence-corrected chi connectivity index (χ2v) is 5.78. The van der Waals surface area contributed by atoms with Gasteiger partial charge in [-0.05, 0) is 54.7 Å². The van der Waals surface area contributed by atoms with Gasteiger partial charge in [0, 0.05) is 16.8 Å². The first-order valence-electron chi connectivity index (χ1n) is 7.71. The summed E-state index contributed by atoms with van der Waals surface area (Å²) >= 11 is 0. The lowest BCUT2D eigenvalue weighted by atomic mass is 10.0. The number of carboxylic acid groups (broad SMARTS) is 1. The molecule has 1 aliphatic carbocycles. The summed E-state index contributed by atoms with van der Waals surface area (Å²) in [6, 6.07) is 14.9. The van der Waals surface area contributed by atoms with Crippen molar-refractivity contribution in [2.75, 3.05) is 5.32 Å². The number of carbonyl (C=O) groups excluding carboxylic acids is 1. The normalized spacial score (nSPS) is 13.0. The van der Waals surface area contributed by atoms with E-state index in [1.165, 1.54) is 5.56 Å². The Kier molecular flexibility index (Phi) is 3.23. The van der Waals surface area contributed by atoms with Crippen molar-refractivity contribution in [3.63, 3.8) is 0 Å². The van der Waals surface area contributed by atoms with Gasteiger partial charge in [-0.15, -0.1) is 0 Å². The standard InChI is InChI=1S/C19H16N2O2/c22-19(23)12-9-10-17-15(11-12)18(14-7-4-8-16(14)21-17)20-13-5-2-1-3-6-13/h1-3,5-6,9-11H,4,7-8H2,(H,20,21)(H,22,23)/p-1. The molecule has 0 amide bonds. The number of aromatic nitrogens is 1. The molecule has 0 atom stereocenters. The molecule has 1 aliphatic rings. The van der Waals surface area contributed by atoms with Crippen LogP contribution >= 0.6 is 0 Å². The second kappa shape index (κ2) is 5.39. The lowest BCUT2D eigenvalue weighted by Crippen LogP contribution is -2.22. The van der Waals surface area contributed by atoms with E-state index in [1.807, 2.05) is 30.3 Å².